The molecule has 0 aromatic rings. The van der Waals surface area contributed by atoms with Crippen molar-refractivity contribution in [2.45, 2.75) is 200 Å². The second-order valence-corrected chi connectivity index (χ2v) is 16.0. The van der Waals surface area contributed by atoms with E-state index < -0.39 is 32.5 Å². The molecular formula is C45H82NO8P. The summed E-state index contributed by atoms with van der Waals surface area (Å²) in [5.41, 5.74) is 5.34. The first-order valence-electron chi connectivity index (χ1n) is 22.1. The van der Waals surface area contributed by atoms with Crippen molar-refractivity contribution in [1.29, 1.82) is 0 Å². The highest BCUT2D eigenvalue weighted by molar-refractivity contribution is 7.47. The fourth-order valence-electron chi connectivity index (χ4n) is 5.94. The summed E-state index contributed by atoms with van der Waals surface area (Å²) in [7, 11) is -4.38. The lowest BCUT2D eigenvalue weighted by Gasteiger charge is -2.19. The quantitative estimate of drug-likeness (QED) is 0.0268. The van der Waals surface area contributed by atoms with E-state index in [2.05, 4.69) is 62.5 Å². The van der Waals surface area contributed by atoms with E-state index in [-0.39, 0.29) is 32.6 Å². The lowest BCUT2D eigenvalue weighted by atomic mass is 10.1. The highest BCUT2D eigenvalue weighted by Crippen LogP contribution is 2.43. The number of phosphoric ester groups is 1. The molecule has 0 spiro atoms. The van der Waals surface area contributed by atoms with Gasteiger partial charge < -0.3 is 20.1 Å². The molecule has 0 saturated carbocycles. The van der Waals surface area contributed by atoms with Gasteiger partial charge in [-0.2, -0.15) is 0 Å². The summed E-state index contributed by atoms with van der Waals surface area (Å²) in [5, 5.41) is 0. The maximum Gasteiger partial charge on any atom is 0.472 e. The second-order valence-electron chi connectivity index (χ2n) is 14.5. The second kappa shape index (κ2) is 41.6. The topological polar surface area (TPSA) is 134 Å². The van der Waals surface area contributed by atoms with Crippen molar-refractivity contribution in [2.24, 2.45) is 5.73 Å². The Morgan fingerprint density at radius 1 is 0.564 bits per heavy atom. The van der Waals surface area contributed by atoms with Crippen LogP contribution in [0.25, 0.3) is 0 Å². The first kappa shape index (κ1) is 53.0. The number of phosphoric acid groups is 1. The molecule has 3 N–H and O–H groups in total. The van der Waals surface area contributed by atoms with Crippen LogP contribution in [0.2, 0.25) is 0 Å². The predicted octanol–water partition coefficient (Wildman–Crippen LogP) is 12.7. The molecule has 2 atom stereocenters. The van der Waals surface area contributed by atoms with Crippen LogP contribution in [-0.2, 0) is 32.7 Å². The van der Waals surface area contributed by atoms with Crippen LogP contribution in [0.3, 0.4) is 0 Å². The minimum atomic E-state index is -4.38. The summed E-state index contributed by atoms with van der Waals surface area (Å²) < 4.78 is 32.7. The molecule has 0 aliphatic carbocycles. The third kappa shape index (κ3) is 41.4. The molecule has 0 amide bonds. The Bertz CT molecular complexity index is 1040. The van der Waals surface area contributed by atoms with Gasteiger partial charge in [0.05, 0.1) is 13.2 Å². The van der Waals surface area contributed by atoms with E-state index >= 15 is 0 Å². The van der Waals surface area contributed by atoms with Crippen molar-refractivity contribution in [2.75, 3.05) is 26.4 Å². The third-order valence-corrected chi connectivity index (χ3v) is 10.2. The summed E-state index contributed by atoms with van der Waals surface area (Å²) in [4.78, 5) is 34.8. The Hall–Kier alpha value is -2.03. The molecule has 10 heteroatoms. The lowest BCUT2D eigenvalue weighted by molar-refractivity contribution is -0.161. The van der Waals surface area contributed by atoms with Crippen molar-refractivity contribution in [3.63, 3.8) is 0 Å². The first-order chi connectivity index (χ1) is 26.8. The van der Waals surface area contributed by atoms with Crippen LogP contribution in [-0.4, -0.2) is 49.3 Å². The first-order valence-corrected chi connectivity index (χ1v) is 23.6. The van der Waals surface area contributed by atoms with Gasteiger partial charge in [0.1, 0.15) is 6.61 Å². The van der Waals surface area contributed by atoms with Gasteiger partial charge in [0.15, 0.2) is 6.10 Å². The van der Waals surface area contributed by atoms with Crippen molar-refractivity contribution in [1.82, 2.24) is 0 Å². The highest BCUT2D eigenvalue weighted by atomic mass is 31.2. The van der Waals surface area contributed by atoms with Gasteiger partial charge in [-0.1, -0.05) is 159 Å². The summed E-state index contributed by atoms with van der Waals surface area (Å²) in [5.74, 6) is -0.865. The van der Waals surface area contributed by atoms with E-state index in [9.17, 15) is 19.0 Å². The number of carbonyl (C=O) groups excluding carboxylic acids is 2. The van der Waals surface area contributed by atoms with Gasteiger partial charge in [-0.25, -0.2) is 4.57 Å². The number of esters is 2. The van der Waals surface area contributed by atoms with E-state index in [4.69, 9.17) is 24.3 Å². The molecule has 0 fully saturated rings. The van der Waals surface area contributed by atoms with Crippen LogP contribution < -0.4 is 5.73 Å². The molecule has 0 rings (SSSR count). The van der Waals surface area contributed by atoms with Gasteiger partial charge in [0.2, 0.25) is 0 Å². The van der Waals surface area contributed by atoms with Gasteiger partial charge in [-0.05, 0) is 70.6 Å². The molecule has 0 saturated heterocycles. The number of rotatable bonds is 41. The van der Waals surface area contributed by atoms with Crippen molar-refractivity contribution in [3.8, 4) is 0 Å². The molecule has 0 aromatic heterocycles. The van der Waals surface area contributed by atoms with E-state index in [1.807, 2.05) is 0 Å². The van der Waals surface area contributed by atoms with Gasteiger partial charge in [-0.3, -0.25) is 18.6 Å². The zero-order valence-corrected chi connectivity index (χ0v) is 36.0. The van der Waals surface area contributed by atoms with Gasteiger partial charge in [0, 0.05) is 19.4 Å². The molecule has 55 heavy (non-hydrogen) atoms. The van der Waals surface area contributed by atoms with Crippen LogP contribution in [0.1, 0.15) is 194 Å². The minimum Gasteiger partial charge on any atom is -0.462 e. The minimum absolute atomic E-state index is 0.0469. The van der Waals surface area contributed by atoms with Crippen molar-refractivity contribution >= 4 is 19.8 Å². The summed E-state index contributed by atoms with van der Waals surface area (Å²) in [6, 6.07) is 0. The number of allylic oxidation sites excluding steroid dienone is 8. The van der Waals surface area contributed by atoms with E-state index in [1.54, 1.807) is 0 Å². The average molecular weight is 796 g/mol. The Kier molecular flexibility index (Phi) is 40.1. The third-order valence-electron chi connectivity index (χ3n) is 9.20. The number of unbranched alkanes of at least 4 members (excludes halogenated alkanes) is 20. The standard InChI is InChI=1S/C45H82NO8P/c1-3-5-7-9-11-13-15-17-18-19-20-21-22-23-24-26-27-29-31-33-35-37-44(47)51-41-43(42-53-55(49,50)52-40-39-46)54-45(48)38-36-34-32-30-28-25-16-14-12-10-8-6-4-2/h6,8,12,14,19-20,25,28,43H,3-5,7,9-11,13,15-18,21-24,26-27,29-42,46H2,1-2H3,(H,49,50)/b8-6-,14-12-,20-19-,28-25-. The fraction of sp³-hybridized carbons (Fsp3) is 0.778. The smallest absolute Gasteiger partial charge is 0.462 e. The Balaban J connectivity index is 4.11. The summed E-state index contributed by atoms with van der Waals surface area (Å²) >= 11 is 0. The zero-order valence-electron chi connectivity index (χ0n) is 35.2. The van der Waals surface area contributed by atoms with Crippen LogP contribution in [0.15, 0.2) is 48.6 Å². The van der Waals surface area contributed by atoms with Gasteiger partial charge in [-0.15, -0.1) is 0 Å². The molecular weight excluding hydrogens is 713 g/mol. The van der Waals surface area contributed by atoms with Crippen LogP contribution in [0.5, 0.6) is 0 Å². The van der Waals surface area contributed by atoms with Gasteiger partial charge in [0.25, 0.3) is 0 Å². The predicted molar refractivity (Wildman–Crippen MR) is 229 cm³/mol. The molecule has 0 heterocycles. The molecule has 9 nitrogen and oxygen atoms in total. The van der Waals surface area contributed by atoms with Crippen LogP contribution >= 0.6 is 7.82 Å². The van der Waals surface area contributed by atoms with Crippen molar-refractivity contribution < 1.29 is 37.6 Å². The average Bonchev–Trinajstić information content (AvgIpc) is 3.17. The molecule has 0 aromatic carbocycles. The number of nitrogens with two attached hydrogens (primary N) is 1. The van der Waals surface area contributed by atoms with E-state index in [0.717, 1.165) is 57.8 Å². The zero-order chi connectivity index (χ0) is 40.3. The van der Waals surface area contributed by atoms with E-state index in [1.165, 1.54) is 103 Å². The Morgan fingerprint density at radius 3 is 1.53 bits per heavy atom. The maximum atomic E-state index is 12.5. The number of carbonyl (C=O) groups is 2. The van der Waals surface area contributed by atoms with Crippen LogP contribution in [0.4, 0.5) is 0 Å². The molecule has 0 aliphatic rings. The number of hydrogen-bond donors (Lipinski definition) is 2. The number of ether oxygens (including phenoxy) is 2. The Labute approximate surface area is 336 Å². The normalized spacial score (nSPS) is 13.7. The molecule has 320 valence electrons. The molecule has 0 bridgehead atoms. The molecule has 0 radical (unpaired) electrons. The largest absolute Gasteiger partial charge is 0.472 e. The number of hydrogen-bond acceptors (Lipinski definition) is 8. The van der Waals surface area contributed by atoms with E-state index in [0.29, 0.717) is 6.42 Å². The highest BCUT2D eigenvalue weighted by Gasteiger charge is 2.26. The monoisotopic (exact) mass is 796 g/mol. The van der Waals surface area contributed by atoms with Crippen molar-refractivity contribution in [3.05, 3.63) is 48.6 Å². The summed E-state index contributed by atoms with van der Waals surface area (Å²) in [6.45, 7) is 3.58. The SMILES string of the molecule is CC/C=C\C/C=C\C/C=C\CCCCCC(=O)OC(COC(=O)CCCCCCCCCCC/C=C\CCCCCCCCCC)COP(=O)(O)OCCN. The van der Waals surface area contributed by atoms with Gasteiger partial charge >= 0.3 is 19.8 Å². The summed E-state index contributed by atoms with van der Waals surface area (Å²) in [6.07, 6.45) is 47.2. The lowest BCUT2D eigenvalue weighted by Crippen LogP contribution is -2.29. The molecule has 0 aliphatic heterocycles. The van der Waals surface area contributed by atoms with Crippen LogP contribution in [0, 0.1) is 0 Å². The molecule has 2 unspecified atom stereocenters. The maximum absolute atomic E-state index is 12.5. The fourth-order valence-corrected chi connectivity index (χ4v) is 6.70. The Morgan fingerprint density at radius 2 is 1.00 bits per heavy atom.